The second-order valence-electron chi connectivity index (χ2n) is 5.14. The quantitative estimate of drug-likeness (QED) is 0.655. The molecule has 0 spiro atoms. The van der Waals surface area contributed by atoms with Crippen molar-refractivity contribution in [3.63, 3.8) is 0 Å². The summed E-state index contributed by atoms with van der Waals surface area (Å²) in [6.45, 7) is 1.70. The number of nitrogens with one attached hydrogen (secondary N) is 1. The molecular weight excluding hydrogens is 365 g/mol. The van der Waals surface area contributed by atoms with Crippen LogP contribution in [0.5, 0.6) is 0 Å². The number of halogens is 2. The maximum atomic E-state index is 13.2. The molecule has 3 aromatic rings. The highest BCUT2D eigenvalue weighted by molar-refractivity contribution is 8.00. The third-order valence-corrected chi connectivity index (χ3v) is 4.39. The first-order valence-corrected chi connectivity index (χ1v) is 8.59. The summed E-state index contributed by atoms with van der Waals surface area (Å²) in [5.74, 6) is -0.387. The van der Waals surface area contributed by atoms with Gasteiger partial charge in [0.1, 0.15) is 5.82 Å². The Morgan fingerprint density at radius 1 is 1.24 bits per heavy atom. The number of thioether (sulfide) groups is 1. The molecule has 0 aliphatic heterocycles. The Balaban J connectivity index is 1.65. The lowest BCUT2D eigenvalue weighted by Gasteiger charge is -2.09. The number of hydrogen-bond acceptors (Lipinski definition) is 5. The van der Waals surface area contributed by atoms with Crippen LogP contribution in [-0.2, 0) is 4.79 Å². The predicted molar refractivity (Wildman–Crippen MR) is 95.1 cm³/mol. The van der Waals surface area contributed by atoms with Crippen molar-refractivity contribution in [2.75, 3.05) is 5.32 Å². The van der Waals surface area contributed by atoms with Crippen LogP contribution in [0.1, 0.15) is 6.92 Å². The highest BCUT2D eigenvalue weighted by atomic mass is 35.5. The van der Waals surface area contributed by atoms with Gasteiger partial charge in [-0.05, 0) is 43.3 Å². The summed E-state index contributed by atoms with van der Waals surface area (Å²) < 4.78 is 18.7. The van der Waals surface area contributed by atoms with Crippen LogP contribution < -0.4 is 5.32 Å². The predicted octanol–water partition coefficient (Wildman–Crippen LogP) is 4.65. The molecule has 1 amide bonds. The number of carbonyl (C=O) groups is 1. The highest BCUT2D eigenvalue weighted by Gasteiger charge is 2.19. The van der Waals surface area contributed by atoms with Crippen molar-refractivity contribution >= 4 is 35.0 Å². The summed E-state index contributed by atoms with van der Waals surface area (Å²) in [7, 11) is 0. The summed E-state index contributed by atoms with van der Waals surface area (Å²) in [4.78, 5) is 12.2. The molecule has 25 heavy (non-hydrogen) atoms. The molecular formula is C17H13ClFN3O2S. The van der Waals surface area contributed by atoms with E-state index in [1.165, 1.54) is 18.2 Å². The Morgan fingerprint density at radius 2 is 2.04 bits per heavy atom. The molecule has 0 fully saturated rings. The van der Waals surface area contributed by atoms with Gasteiger partial charge in [0.2, 0.25) is 11.8 Å². The van der Waals surface area contributed by atoms with Crippen LogP contribution in [-0.4, -0.2) is 21.4 Å². The Bertz CT molecular complexity index is 903. The summed E-state index contributed by atoms with van der Waals surface area (Å²) >= 11 is 7.06. The smallest absolute Gasteiger partial charge is 0.277 e. The maximum absolute atomic E-state index is 13.2. The first-order chi connectivity index (χ1) is 12.0. The van der Waals surface area contributed by atoms with Gasteiger partial charge in [-0.2, -0.15) is 0 Å². The molecule has 0 unspecified atom stereocenters. The second kappa shape index (κ2) is 7.67. The van der Waals surface area contributed by atoms with E-state index in [4.69, 9.17) is 16.0 Å². The van der Waals surface area contributed by atoms with Crippen molar-refractivity contribution in [2.45, 2.75) is 17.4 Å². The number of aromatic nitrogens is 2. The number of nitrogens with zero attached hydrogens (tertiary/aromatic N) is 2. The van der Waals surface area contributed by atoms with E-state index in [2.05, 4.69) is 15.5 Å². The molecule has 1 atom stereocenters. The Hall–Kier alpha value is -2.38. The van der Waals surface area contributed by atoms with E-state index in [9.17, 15) is 9.18 Å². The van der Waals surface area contributed by atoms with Crippen LogP contribution in [0.15, 0.2) is 58.2 Å². The third-order valence-electron chi connectivity index (χ3n) is 3.22. The molecule has 0 aliphatic rings. The molecule has 1 aromatic heterocycles. The van der Waals surface area contributed by atoms with E-state index >= 15 is 0 Å². The monoisotopic (exact) mass is 377 g/mol. The van der Waals surface area contributed by atoms with Crippen LogP contribution in [0.3, 0.4) is 0 Å². The standard InChI is InChI=1S/C17H13ClFN3O2S/c1-10(15(23)20-14-7-3-6-13(19)9-14)25-17-22-21-16(24-17)11-4-2-5-12(18)8-11/h2-10H,1H3,(H,20,23)/t10-/m0/s1. The number of rotatable bonds is 5. The van der Waals surface area contributed by atoms with Gasteiger partial charge in [0.05, 0.1) is 5.25 Å². The van der Waals surface area contributed by atoms with E-state index in [-0.39, 0.29) is 11.1 Å². The Kier molecular flexibility index (Phi) is 5.35. The van der Waals surface area contributed by atoms with Crippen molar-refractivity contribution < 1.29 is 13.6 Å². The van der Waals surface area contributed by atoms with Crippen LogP contribution >= 0.6 is 23.4 Å². The molecule has 1 N–H and O–H groups in total. The van der Waals surface area contributed by atoms with Crippen molar-refractivity contribution in [3.8, 4) is 11.5 Å². The van der Waals surface area contributed by atoms with Gasteiger partial charge in [-0.1, -0.05) is 35.5 Å². The van der Waals surface area contributed by atoms with Crippen LogP contribution in [0.2, 0.25) is 5.02 Å². The number of carbonyl (C=O) groups excluding carboxylic acids is 1. The lowest BCUT2D eigenvalue weighted by atomic mass is 10.2. The molecule has 2 aromatic carbocycles. The van der Waals surface area contributed by atoms with Crippen molar-refractivity contribution in [1.29, 1.82) is 0 Å². The molecule has 0 saturated carbocycles. The van der Waals surface area contributed by atoms with E-state index in [0.717, 1.165) is 11.8 Å². The highest BCUT2D eigenvalue weighted by Crippen LogP contribution is 2.27. The minimum Gasteiger partial charge on any atom is -0.411 e. The summed E-state index contributed by atoms with van der Waals surface area (Å²) in [5, 5.41) is 10.8. The zero-order valence-corrected chi connectivity index (χ0v) is 14.6. The second-order valence-corrected chi connectivity index (χ2v) is 6.87. The molecule has 3 rings (SSSR count). The summed E-state index contributed by atoms with van der Waals surface area (Å²) in [6, 6.07) is 12.7. The SMILES string of the molecule is C[C@H](Sc1nnc(-c2cccc(Cl)c2)o1)C(=O)Nc1cccc(F)c1. The van der Waals surface area contributed by atoms with E-state index in [1.807, 2.05) is 0 Å². The van der Waals surface area contributed by atoms with Crippen LogP contribution in [0, 0.1) is 5.82 Å². The average molecular weight is 378 g/mol. The molecule has 1 heterocycles. The molecule has 128 valence electrons. The van der Waals surface area contributed by atoms with Gasteiger partial charge in [0, 0.05) is 16.3 Å². The molecule has 0 radical (unpaired) electrons. The van der Waals surface area contributed by atoms with Crippen molar-refractivity contribution in [2.24, 2.45) is 0 Å². The van der Waals surface area contributed by atoms with E-state index < -0.39 is 11.1 Å². The summed E-state index contributed by atoms with van der Waals surface area (Å²) in [6.07, 6.45) is 0. The average Bonchev–Trinajstić information content (AvgIpc) is 3.03. The van der Waals surface area contributed by atoms with Gasteiger partial charge in [0.25, 0.3) is 5.22 Å². The minimum absolute atomic E-state index is 0.261. The summed E-state index contributed by atoms with van der Waals surface area (Å²) in [5.41, 5.74) is 1.09. The van der Waals surface area contributed by atoms with Gasteiger partial charge in [-0.15, -0.1) is 10.2 Å². The lowest BCUT2D eigenvalue weighted by Crippen LogP contribution is -2.22. The van der Waals surface area contributed by atoms with Gasteiger partial charge >= 0.3 is 0 Å². The molecule has 0 bridgehead atoms. The van der Waals surface area contributed by atoms with Crippen LogP contribution in [0.4, 0.5) is 10.1 Å². The van der Waals surface area contributed by atoms with E-state index in [1.54, 1.807) is 37.3 Å². The first-order valence-electron chi connectivity index (χ1n) is 7.34. The van der Waals surface area contributed by atoms with Crippen molar-refractivity contribution in [3.05, 3.63) is 59.4 Å². The fourth-order valence-electron chi connectivity index (χ4n) is 2.01. The van der Waals surface area contributed by atoms with E-state index in [0.29, 0.717) is 22.2 Å². The molecule has 5 nitrogen and oxygen atoms in total. The normalized spacial score (nSPS) is 12.0. The Morgan fingerprint density at radius 3 is 2.80 bits per heavy atom. The van der Waals surface area contributed by atoms with Crippen LogP contribution in [0.25, 0.3) is 11.5 Å². The molecule has 0 saturated heterocycles. The Labute approximate surface area is 152 Å². The first kappa shape index (κ1) is 17.4. The number of hydrogen-bond donors (Lipinski definition) is 1. The molecule has 8 heteroatoms. The van der Waals surface area contributed by atoms with Gasteiger partial charge in [0.15, 0.2) is 0 Å². The number of amides is 1. The van der Waals surface area contributed by atoms with Gasteiger partial charge in [-0.25, -0.2) is 4.39 Å². The zero-order valence-electron chi connectivity index (χ0n) is 13.1. The number of anilines is 1. The van der Waals surface area contributed by atoms with Gasteiger partial charge in [-0.3, -0.25) is 4.79 Å². The molecule has 0 aliphatic carbocycles. The fraction of sp³-hybridized carbons (Fsp3) is 0.118. The topological polar surface area (TPSA) is 68.0 Å². The fourth-order valence-corrected chi connectivity index (χ4v) is 2.88. The zero-order chi connectivity index (χ0) is 17.8. The minimum atomic E-state index is -0.504. The van der Waals surface area contributed by atoms with Gasteiger partial charge < -0.3 is 9.73 Å². The maximum Gasteiger partial charge on any atom is 0.277 e. The van der Waals surface area contributed by atoms with Crippen molar-refractivity contribution in [1.82, 2.24) is 10.2 Å². The lowest BCUT2D eigenvalue weighted by molar-refractivity contribution is -0.115. The number of benzene rings is 2. The third kappa shape index (κ3) is 4.58. The largest absolute Gasteiger partial charge is 0.411 e.